The highest BCUT2D eigenvalue weighted by Gasteiger charge is 2.35. The standard InChI is InChI=1S/C20H21BrN2O4/c1-11(2)26-19-17-15(9-10-22-19)23-12(3)18(27-20(24)25-4)16(17)13-7-5-6-8-14(13)21/h5-11,16,23H,1-4H3. The van der Waals surface area contributed by atoms with E-state index in [0.717, 1.165) is 27.0 Å². The number of methoxy groups -OCH3 is 1. The summed E-state index contributed by atoms with van der Waals surface area (Å²) in [4.78, 5) is 16.3. The third-order valence-corrected chi connectivity index (χ3v) is 4.84. The number of carbonyl (C=O) groups excluding carboxylic acids is 1. The summed E-state index contributed by atoms with van der Waals surface area (Å²) in [5.41, 5.74) is 3.31. The van der Waals surface area contributed by atoms with E-state index in [1.54, 1.807) is 6.20 Å². The molecule has 1 aromatic heterocycles. The summed E-state index contributed by atoms with van der Waals surface area (Å²) in [5, 5.41) is 3.28. The fraction of sp³-hybridized carbons (Fsp3) is 0.300. The SMILES string of the molecule is COC(=O)OC1=C(C)Nc2ccnc(OC(C)C)c2C1c1ccccc1Br. The first kappa shape index (κ1) is 19.2. The first-order chi connectivity index (χ1) is 12.9. The number of fused-ring (bicyclic) bond motifs is 1. The Morgan fingerprint density at radius 3 is 2.67 bits per heavy atom. The van der Waals surface area contributed by atoms with Crippen molar-refractivity contribution in [3.8, 4) is 5.88 Å². The van der Waals surface area contributed by atoms with Crippen molar-refractivity contribution in [3.05, 3.63) is 63.6 Å². The smallest absolute Gasteiger partial charge is 0.475 e. The fourth-order valence-corrected chi connectivity index (χ4v) is 3.56. The summed E-state index contributed by atoms with van der Waals surface area (Å²) in [6.45, 7) is 5.74. The summed E-state index contributed by atoms with van der Waals surface area (Å²) < 4.78 is 17.1. The van der Waals surface area contributed by atoms with E-state index < -0.39 is 12.1 Å². The van der Waals surface area contributed by atoms with Crippen LogP contribution >= 0.6 is 15.9 Å². The van der Waals surface area contributed by atoms with Crippen LogP contribution in [0.3, 0.4) is 0 Å². The van der Waals surface area contributed by atoms with Gasteiger partial charge in [0.1, 0.15) is 5.76 Å². The number of nitrogens with one attached hydrogen (secondary N) is 1. The lowest BCUT2D eigenvalue weighted by Gasteiger charge is -2.31. The number of hydrogen-bond donors (Lipinski definition) is 1. The maximum absolute atomic E-state index is 11.9. The van der Waals surface area contributed by atoms with Gasteiger partial charge in [-0.3, -0.25) is 0 Å². The molecule has 142 valence electrons. The van der Waals surface area contributed by atoms with Crippen molar-refractivity contribution in [2.75, 3.05) is 12.4 Å². The lowest BCUT2D eigenvalue weighted by atomic mass is 9.86. The first-order valence-corrected chi connectivity index (χ1v) is 9.35. The molecular weight excluding hydrogens is 412 g/mol. The first-order valence-electron chi connectivity index (χ1n) is 8.56. The Kier molecular flexibility index (Phi) is 5.70. The van der Waals surface area contributed by atoms with E-state index in [4.69, 9.17) is 14.2 Å². The van der Waals surface area contributed by atoms with Crippen LogP contribution < -0.4 is 10.1 Å². The molecule has 1 aliphatic heterocycles. The zero-order chi connectivity index (χ0) is 19.6. The molecule has 3 rings (SSSR count). The van der Waals surface area contributed by atoms with Crippen LogP contribution in [0.1, 0.15) is 37.8 Å². The average Bonchev–Trinajstić information content (AvgIpc) is 2.63. The van der Waals surface area contributed by atoms with Gasteiger partial charge in [-0.15, -0.1) is 0 Å². The fourth-order valence-electron chi connectivity index (χ4n) is 3.04. The summed E-state index contributed by atoms with van der Waals surface area (Å²) >= 11 is 3.61. The summed E-state index contributed by atoms with van der Waals surface area (Å²) in [6.07, 6.45) is 0.864. The maximum Gasteiger partial charge on any atom is 0.513 e. The number of carbonyl (C=O) groups is 1. The maximum atomic E-state index is 11.9. The van der Waals surface area contributed by atoms with E-state index in [1.807, 2.05) is 51.1 Å². The van der Waals surface area contributed by atoms with E-state index in [0.29, 0.717) is 11.6 Å². The van der Waals surface area contributed by atoms with Crippen molar-refractivity contribution < 1.29 is 19.0 Å². The molecular formula is C20H21BrN2O4. The number of benzene rings is 1. The lowest BCUT2D eigenvalue weighted by Crippen LogP contribution is -2.23. The number of pyridine rings is 1. The van der Waals surface area contributed by atoms with Crippen LogP contribution in [0, 0.1) is 0 Å². The van der Waals surface area contributed by atoms with Crippen molar-refractivity contribution in [2.24, 2.45) is 0 Å². The average molecular weight is 433 g/mol. The molecule has 0 amide bonds. The number of nitrogens with zero attached hydrogens (tertiary/aromatic N) is 1. The van der Waals surface area contributed by atoms with Crippen molar-refractivity contribution in [3.63, 3.8) is 0 Å². The Labute approximate surface area is 166 Å². The van der Waals surface area contributed by atoms with Crippen LogP contribution in [-0.2, 0) is 9.47 Å². The van der Waals surface area contributed by atoms with Crippen LogP contribution in [0.15, 0.2) is 52.5 Å². The van der Waals surface area contributed by atoms with E-state index in [2.05, 4.69) is 26.2 Å². The number of anilines is 1. The monoisotopic (exact) mass is 432 g/mol. The minimum Gasteiger partial charge on any atom is -0.475 e. The number of ether oxygens (including phenoxy) is 3. The van der Waals surface area contributed by atoms with Gasteiger partial charge in [0.15, 0.2) is 0 Å². The Morgan fingerprint density at radius 1 is 1.26 bits per heavy atom. The molecule has 1 atom stereocenters. The van der Waals surface area contributed by atoms with E-state index in [1.165, 1.54) is 7.11 Å². The molecule has 1 N–H and O–H groups in total. The van der Waals surface area contributed by atoms with Gasteiger partial charge in [-0.25, -0.2) is 9.78 Å². The molecule has 1 aromatic carbocycles. The van der Waals surface area contributed by atoms with Crippen LogP contribution in [-0.4, -0.2) is 24.4 Å². The molecule has 0 aliphatic carbocycles. The lowest BCUT2D eigenvalue weighted by molar-refractivity contribution is 0.0926. The van der Waals surface area contributed by atoms with E-state index in [9.17, 15) is 4.79 Å². The van der Waals surface area contributed by atoms with Gasteiger partial charge < -0.3 is 19.5 Å². The zero-order valence-corrected chi connectivity index (χ0v) is 17.2. The van der Waals surface area contributed by atoms with E-state index in [-0.39, 0.29) is 6.10 Å². The van der Waals surface area contributed by atoms with Gasteiger partial charge in [-0.1, -0.05) is 34.1 Å². The minimum absolute atomic E-state index is 0.0548. The number of halogens is 1. The molecule has 6 nitrogen and oxygen atoms in total. The molecule has 0 bridgehead atoms. The topological polar surface area (TPSA) is 69.7 Å². The molecule has 27 heavy (non-hydrogen) atoms. The Bertz CT molecular complexity index is 895. The minimum atomic E-state index is -0.776. The van der Waals surface area contributed by atoms with Gasteiger partial charge in [0.2, 0.25) is 5.88 Å². The molecule has 7 heteroatoms. The predicted molar refractivity (Wildman–Crippen MR) is 106 cm³/mol. The molecule has 0 fully saturated rings. The highest BCUT2D eigenvalue weighted by atomic mass is 79.9. The number of allylic oxidation sites excluding steroid dienone is 2. The van der Waals surface area contributed by atoms with Crippen molar-refractivity contribution >= 4 is 27.8 Å². The van der Waals surface area contributed by atoms with Crippen LogP contribution in [0.4, 0.5) is 10.5 Å². The second-order valence-electron chi connectivity index (χ2n) is 6.37. The highest BCUT2D eigenvalue weighted by Crippen LogP contribution is 2.47. The summed E-state index contributed by atoms with van der Waals surface area (Å²) in [6, 6.07) is 9.67. The molecule has 1 unspecified atom stereocenters. The second kappa shape index (κ2) is 8.00. The van der Waals surface area contributed by atoms with Crippen LogP contribution in [0.5, 0.6) is 5.88 Å². The Balaban J connectivity index is 2.23. The number of aromatic nitrogens is 1. The molecule has 0 saturated carbocycles. The quantitative estimate of drug-likeness (QED) is 0.669. The Morgan fingerprint density at radius 2 is 2.00 bits per heavy atom. The van der Waals surface area contributed by atoms with Crippen molar-refractivity contribution in [1.29, 1.82) is 0 Å². The predicted octanol–water partition coefficient (Wildman–Crippen LogP) is 5.20. The molecule has 0 spiro atoms. The molecule has 2 aromatic rings. The van der Waals surface area contributed by atoms with Gasteiger partial charge in [0.25, 0.3) is 0 Å². The number of rotatable bonds is 4. The Hall–Kier alpha value is -2.54. The third-order valence-electron chi connectivity index (χ3n) is 4.12. The molecule has 2 heterocycles. The number of hydrogen-bond acceptors (Lipinski definition) is 6. The van der Waals surface area contributed by atoms with Crippen molar-refractivity contribution in [1.82, 2.24) is 4.98 Å². The van der Waals surface area contributed by atoms with Gasteiger partial charge >= 0.3 is 6.16 Å². The van der Waals surface area contributed by atoms with Gasteiger partial charge in [-0.2, -0.15) is 0 Å². The van der Waals surface area contributed by atoms with Gasteiger partial charge in [0.05, 0.1) is 30.4 Å². The van der Waals surface area contributed by atoms with Gasteiger partial charge in [-0.05, 0) is 38.5 Å². The molecule has 1 aliphatic rings. The largest absolute Gasteiger partial charge is 0.513 e. The zero-order valence-electron chi connectivity index (χ0n) is 15.6. The highest BCUT2D eigenvalue weighted by molar-refractivity contribution is 9.10. The molecule has 0 saturated heterocycles. The van der Waals surface area contributed by atoms with Gasteiger partial charge in [0, 0.05) is 16.4 Å². The normalized spacial score (nSPS) is 15.9. The van der Waals surface area contributed by atoms with Crippen LogP contribution in [0.2, 0.25) is 0 Å². The second-order valence-corrected chi connectivity index (χ2v) is 7.22. The van der Waals surface area contributed by atoms with Crippen LogP contribution in [0.25, 0.3) is 0 Å². The van der Waals surface area contributed by atoms with Crippen molar-refractivity contribution in [2.45, 2.75) is 32.8 Å². The van der Waals surface area contributed by atoms with E-state index >= 15 is 0 Å². The molecule has 0 radical (unpaired) electrons. The summed E-state index contributed by atoms with van der Waals surface area (Å²) in [5.74, 6) is 0.551. The third kappa shape index (κ3) is 3.93. The summed E-state index contributed by atoms with van der Waals surface area (Å²) in [7, 11) is 1.28.